The van der Waals surface area contributed by atoms with Gasteiger partial charge >= 0.3 is 5.97 Å². The van der Waals surface area contributed by atoms with Crippen molar-refractivity contribution in [1.29, 1.82) is 0 Å². The lowest BCUT2D eigenvalue weighted by Crippen LogP contribution is -2.28. The minimum atomic E-state index is -3.57. The highest BCUT2D eigenvalue weighted by Crippen LogP contribution is 2.17. The Bertz CT molecular complexity index is 938. The van der Waals surface area contributed by atoms with Crippen LogP contribution in [0.15, 0.2) is 53.4 Å². The van der Waals surface area contributed by atoms with E-state index >= 15 is 0 Å². The molecule has 2 aromatic rings. The van der Waals surface area contributed by atoms with Crippen molar-refractivity contribution in [3.8, 4) is 0 Å². The first-order valence-corrected chi connectivity index (χ1v) is 10.9. The van der Waals surface area contributed by atoms with Gasteiger partial charge in [-0.05, 0) is 61.9 Å². The molecule has 29 heavy (non-hydrogen) atoms. The van der Waals surface area contributed by atoms with Gasteiger partial charge in [0.2, 0.25) is 10.0 Å². The molecule has 0 saturated heterocycles. The number of anilines is 1. The Morgan fingerprint density at radius 1 is 0.966 bits per heavy atom. The number of ether oxygens (including phenoxy) is 1. The quantitative estimate of drug-likeness (QED) is 0.629. The number of hydrogen-bond acceptors (Lipinski definition) is 5. The molecule has 7 nitrogen and oxygen atoms in total. The Hall–Kier alpha value is -2.71. The third-order valence-corrected chi connectivity index (χ3v) is 6.18. The predicted molar refractivity (Wildman–Crippen MR) is 112 cm³/mol. The van der Waals surface area contributed by atoms with E-state index in [4.69, 9.17) is 4.74 Å². The summed E-state index contributed by atoms with van der Waals surface area (Å²) < 4.78 is 31.3. The molecule has 0 aliphatic rings. The SMILES string of the molecule is CCCCN(C)S(=O)(=O)c1ccc(C(=O)Nc2ccc(C(=O)OCC)cc2)cc1. The Kier molecular flexibility index (Phi) is 7.92. The first-order valence-electron chi connectivity index (χ1n) is 9.44. The molecule has 0 spiro atoms. The molecule has 2 aromatic carbocycles. The molecule has 0 saturated carbocycles. The number of sulfonamides is 1. The second kappa shape index (κ2) is 10.2. The normalized spacial score (nSPS) is 11.3. The fourth-order valence-corrected chi connectivity index (χ4v) is 3.78. The van der Waals surface area contributed by atoms with E-state index in [1.54, 1.807) is 38.2 Å². The highest BCUT2D eigenvalue weighted by atomic mass is 32.2. The number of carbonyl (C=O) groups is 2. The van der Waals surface area contributed by atoms with Gasteiger partial charge in [-0.1, -0.05) is 13.3 Å². The maximum absolute atomic E-state index is 12.5. The smallest absolute Gasteiger partial charge is 0.338 e. The average Bonchev–Trinajstić information content (AvgIpc) is 2.72. The van der Waals surface area contributed by atoms with Gasteiger partial charge in [-0.25, -0.2) is 17.5 Å². The molecule has 1 amide bonds. The lowest BCUT2D eigenvalue weighted by Gasteiger charge is -2.17. The molecule has 0 atom stereocenters. The van der Waals surface area contributed by atoms with Gasteiger partial charge < -0.3 is 10.1 Å². The van der Waals surface area contributed by atoms with Crippen molar-refractivity contribution in [2.24, 2.45) is 0 Å². The van der Waals surface area contributed by atoms with Crippen LogP contribution in [0.5, 0.6) is 0 Å². The second-order valence-electron chi connectivity index (χ2n) is 6.46. The van der Waals surface area contributed by atoms with Crippen LogP contribution >= 0.6 is 0 Å². The van der Waals surface area contributed by atoms with Crippen LogP contribution < -0.4 is 5.32 Å². The number of benzene rings is 2. The van der Waals surface area contributed by atoms with Crippen molar-refractivity contribution < 1.29 is 22.7 Å². The maximum atomic E-state index is 12.5. The molecule has 0 fully saturated rings. The number of nitrogens with one attached hydrogen (secondary N) is 1. The number of carbonyl (C=O) groups excluding carboxylic acids is 2. The summed E-state index contributed by atoms with van der Waals surface area (Å²) in [4.78, 5) is 24.2. The molecular formula is C21H26N2O5S. The van der Waals surface area contributed by atoms with Crippen molar-refractivity contribution in [3.05, 3.63) is 59.7 Å². The summed E-state index contributed by atoms with van der Waals surface area (Å²) in [6.45, 7) is 4.46. The number of esters is 1. The molecule has 0 bridgehead atoms. The molecule has 0 aliphatic heterocycles. The summed E-state index contributed by atoms with van der Waals surface area (Å²) in [7, 11) is -2.03. The highest BCUT2D eigenvalue weighted by Gasteiger charge is 2.20. The number of nitrogens with zero attached hydrogens (tertiary/aromatic N) is 1. The number of hydrogen-bond donors (Lipinski definition) is 1. The topological polar surface area (TPSA) is 92.8 Å². The van der Waals surface area contributed by atoms with E-state index in [9.17, 15) is 18.0 Å². The van der Waals surface area contributed by atoms with Crippen LogP contribution in [0.25, 0.3) is 0 Å². The van der Waals surface area contributed by atoms with E-state index < -0.39 is 16.0 Å². The first-order chi connectivity index (χ1) is 13.8. The van der Waals surface area contributed by atoms with E-state index in [1.807, 2.05) is 6.92 Å². The molecule has 0 radical (unpaired) electrons. The fourth-order valence-electron chi connectivity index (χ4n) is 2.57. The van der Waals surface area contributed by atoms with Gasteiger partial charge in [0, 0.05) is 24.8 Å². The van der Waals surface area contributed by atoms with Gasteiger partial charge in [0.25, 0.3) is 5.91 Å². The summed E-state index contributed by atoms with van der Waals surface area (Å²) in [5.41, 5.74) is 1.24. The minimum absolute atomic E-state index is 0.145. The van der Waals surface area contributed by atoms with E-state index in [0.717, 1.165) is 12.8 Å². The van der Waals surface area contributed by atoms with Gasteiger partial charge in [0.05, 0.1) is 17.1 Å². The molecule has 0 heterocycles. The zero-order valence-electron chi connectivity index (χ0n) is 16.8. The van der Waals surface area contributed by atoms with Crippen LogP contribution in [0, 0.1) is 0 Å². The van der Waals surface area contributed by atoms with Crippen molar-refractivity contribution in [3.63, 3.8) is 0 Å². The summed E-state index contributed by atoms with van der Waals surface area (Å²) in [5, 5.41) is 2.71. The Morgan fingerprint density at radius 3 is 2.10 bits per heavy atom. The minimum Gasteiger partial charge on any atom is -0.462 e. The van der Waals surface area contributed by atoms with Crippen LogP contribution in [0.4, 0.5) is 5.69 Å². The third-order valence-electron chi connectivity index (χ3n) is 4.31. The molecular weight excluding hydrogens is 392 g/mol. The predicted octanol–water partition coefficient (Wildman–Crippen LogP) is 3.54. The summed E-state index contributed by atoms with van der Waals surface area (Å²) >= 11 is 0. The molecule has 8 heteroatoms. The molecule has 1 N–H and O–H groups in total. The molecule has 2 rings (SSSR count). The van der Waals surface area contributed by atoms with Crippen LogP contribution in [-0.4, -0.2) is 44.8 Å². The summed E-state index contributed by atoms with van der Waals surface area (Å²) in [5.74, 6) is -0.803. The number of amides is 1. The van der Waals surface area contributed by atoms with Crippen molar-refractivity contribution in [1.82, 2.24) is 4.31 Å². The van der Waals surface area contributed by atoms with Crippen LogP contribution in [0.2, 0.25) is 0 Å². The van der Waals surface area contributed by atoms with E-state index in [-0.39, 0.29) is 17.4 Å². The van der Waals surface area contributed by atoms with Gasteiger partial charge in [0.15, 0.2) is 0 Å². The van der Waals surface area contributed by atoms with Crippen molar-refractivity contribution in [2.45, 2.75) is 31.6 Å². The Morgan fingerprint density at radius 2 is 1.55 bits per heavy atom. The Labute approximate surface area is 171 Å². The second-order valence-corrected chi connectivity index (χ2v) is 8.50. The molecule has 0 aromatic heterocycles. The number of unbranched alkanes of at least 4 members (excludes halogenated alkanes) is 1. The fraction of sp³-hybridized carbons (Fsp3) is 0.333. The van der Waals surface area contributed by atoms with Crippen molar-refractivity contribution in [2.75, 3.05) is 25.5 Å². The molecule has 0 aliphatic carbocycles. The van der Waals surface area contributed by atoms with Gasteiger partial charge in [0.1, 0.15) is 0 Å². The zero-order valence-corrected chi connectivity index (χ0v) is 17.7. The third kappa shape index (κ3) is 5.88. The first kappa shape index (κ1) is 22.6. The Balaban J connectivity index is 2.06. The average molecular weight is 419 g/mol. The van der Waals surface area contributed by atoms with E-state index in [2.05, 4.69) is 5.32 Å². The monoisotopic (exact) mass is 418 g/mol. The lowest BCUT2D eigenvalue weighted by atomic mass is 10.2. The van der Waals surface area contributed by atoms with E-state index in [0.29, 0.717) is 23.4 Å². The molecule has 0 unspecified atom stereocenters. The zero-order chi connectivity index (χ0) is 21.4. The van der Waals surface area contributed by atoms with Crippen LogP contribution in [-0.2, 0) is 14.8 Å². The number of rotatable bonds is 9. The summed E-state index contributed by atoms with van der Waals surface area (Å²) in [6, 6.07) is 12.1. The van der Waals surface area contributed by atoms with Gasteiger partial charge in [-0.15, -0.1) is 0 Å². The highest BCUT2D eigenvalue weighted by molar-refractivity contribution is 7.89. The maximum Gasteiger partial charge on any atom is 0.338 e. The largest absolute Gasteiger partial charge is 0.462 e. The lowest BCUT2D eigenvalue weighted by molar-refractivity contribution is 0.0526. The standard InChI is InChI=1S/C21H26N2O5S/c1-4-6-15-23(3)29(26,27)19-13-9-16(10-14-19)20(24)22-18-11-7-17(8-12-18)21(25)28-5-2/h7-14H,4-6,15H2,1-3H3,(H,22,24). The van der Waals surface area contributed by atoms with Crippen LogP contribution in [0.3, 0.4) is 0 Å². The van der Waals surface area contributed by atoms with Crippen molar-refractivity contribution >= 4 is 27.6 Å². The van der Waals surface area contributed by atoms with Gasteiger partial charge in [-0.3, -0.25) is 4.79 Å². The van der Waals surface area contributed by atoms with E-state index in [1.165, 1.54) is 28.6 Å². The summed E-state index contributed by atoms with van der Waals surface area (Å²) in [6.07, 6.45) is 1.69. The van der Waals surface area contributed by atoms with Gasteiger partial charge in [-0.2, -0.15) is 0 Å². The molecule has 156 valence electrons. The van der Waals surface area contributed by atoms with Crippen LogP contribution in [0.1, 0.15) is 47.4 Å².